The van der Waals surface area contributed by atoms with Crippen LogP contribution in [0.5, 0.6) is 0 Å². The zero-order chi connectivity index (χ0) is 13.7. The predicted octanol–water partition coefficient (Wildman–Crippen LogP) is 2.36. The molecule has 0 radical (unpaired) electrons. The van der Waals surface area contributed by atoms with Gasteiger partial charge in [0.25, 0.3) is 0 Å². The molecule has 0 aromatic carbocycles. The average Bonchev–Trinajstić information content (AvgIpc) is 2.11. The fourth-order valence-corrected chi connectivity index (χ4v) is 0.986. The second-order valence-corrected chi connectivity index (χ2v) is 3.48. The number of carbonyl (C=O) groups excluding carboxylic acids is 2. The molecule has 0 unspecified atom stereocenters. The lowest BCUT2D eigenvalue weighted by Crippen LogP contribution is -2.45. The van der Waals surface area contributed by atoms with E-state index in [9.17, 15) is 27.2 Å². The van der Waals surface area contributed by atoms with Gasteiger partial charge in [-0.1, -0.05) is 6.58 Å². The lowest BCUT2D eigenvalue weighted by Gasteiger charge is -2.25. The Hall–Kier alpha value is -1.40. The second-order valence-electron chi connectivity index (χ2n) is 3.48. The van der Waals surface area contributed by atoms with Crippen LogP contribution in [0.15, 0.2) is 12.8 Å². The minimum Gasteiger partial charge on any atom is -0.495 e. The Kier molecular flexibility index (Phi) is 5.31. The van der Waals surface area contributed by atoms with Gasteiger partial charge < -0.3 is 4.74 Å². The number of ether oxygens (including phenoxy) is 1. The van der Waals surface area contributed by atoms with E-state index in [1.165, 1.54) is 0 Å². The third kappa shape index (κ3) is 4.97. The van der Waals surface area contributed by atoms with Crippen molar-refractivity contribution in [3.8, 4) is 0 Å². The molecule has 3 nitrogen and oxygen atoms in total. The van der Waals surface area contributed by atoms with Gasteiger partial charge in [0, 0.05) is 0 Å². The summed E-state index contributed by atoms with van der Waals surface area (Å²) in [5, 5.41) is 0. The molecule has 98 valence electrons. The molecule has 0 N–H and O–H groups in total. The van der Waals surface area contributed by atoms with E-state index in [1.54, 1.807) is 0 Å². The fraction of sp³-hybridized carbons (Fsp3) is 0.600. The van der Waals surface area contributed by atoms with Gasteiger partial charge in [-0.05, 0) is 6.92 Å². The van der Waals surface area contributed by atoms with Crippen LogP contribution in [0.3, 0.4) is 0 Å². The van der Waals surface area contributed by atoms with Crippen molar-refractivity contribution in [2.45, 2.75) is 31.6 Å². The fourth-order valence-electron chi connectivity index (χ4n) is 0.986. The first kappa shape index (κ1) is 15.6. The molecule has 0 aliphatic heterocycles. The number of carbonyl (C=O) groups is 2. The van der Waals surface area contributed by atoms with Crippen LogP contribution in [0.2, 0.25) is 0 Å². The summed E-state index contributed by atoms with van der Waals surface area (Å²) >= 11 is 0. The molecule has 0 atom stereocenters. The molecule has 0 spiro atoms. The number of Topliss-reactive ketones (excluding diaryl/α,β-unsaturated/α-hetero) is 2. The van der Waals surface area contributed by atoms with Crippen LogP contribution < -0.4 is 0 Å². The summed E-state index contributed by atoms with van der Waals surface area (Å²) in [6.45, 7) is 2.37. The summed E-state index contributed by atoms with van der Waals surface area (Å²) in [6.07, 6.45) is -1.88. The minimum atomic E-state index is -4.55. The van der Waals surface area contributed by atoms with E-state index in [0.29, 0.717) is 6.26 Å². The Balaban J connectivity index is 4.58. The standard InChI is InChI=1S/C10H12F4O3/c1-3-17-6-10(13,14)9(11,12)5-8(16)4-7(2)15/h3H,1,4-6H2,2H3. The molecule has 0 aliphatic rings. The van der Waals surface area contributed by atoms with Crippen LogP contribution in [0.4, 0.5) is 17.6 Å². The molecule has 0 aliphatic carbocycles. The maximum absolute atomic E-state index is 13.0. The van der Waals surface area contributed by atoms with E-state index in [4.69, 9.17) is 0 Å². The zero-order valence-electron chi connectivity index (χ0n) is 9.14. The van der Waals surface area contributed by atoms with Crippen molar-refractivity contribution in [3.05, 3.63) is 12.8 Å². The second kappa shape index (κ2) is 5.79. The van der Waals surface area contributed by atoms with Gasteiger partial charge in [0.1, 0.15) is 11.6 Å². The monoisotopic (exact) mass is 256 g/mol. The molecular weight excluding hydrogens is 244 g/mol. The van der Waals surface area contributed by atoms with E-state index < -0.39 is 42.9 Å². The third-order valence-electron chi connectivity index (χ3n) is 1.78. The molecule has 7 heteroatoms. The van der Waals surface area contributed by atoms with Crippen molar-refractivity contribution in [2.75, 3.05) is 6.61 Å². The summed E-state index contributed by atoms with van der Waals surface area (Å²) < 4.78 is 55.9. The van der Waals surface area contributed by atoms with E-state index in [-0.39, 0.29) is 0 Å². The Bertz CT molecular complexity index is 313. The largest absolute Gasteiger partial charge is 0.495 e. The molecular formula is C10H12F4O3. The van der Waals surface area contributed by atoms with Gasteiger partial charge in [-0.25, -0.2) is 0 Å². The number of hydrogen-bond acceptors (Lipinski definition) is 3. The first-order valence-electron chi connectivity index (χ1n) is 4.61. The smallest absolute Gasteiger partial charge is 0.343 e. The molecule has 0 amide bonds. The number of hydrogen-bond donors (Lipinski definition) is 0. The maximum atomic E-state index is 13.0. The van der Waals surface area contributed by atoms with Crippen molar-refractivity contribution >= 4 is 11.6 Å². The van der Waals surface area contributed by atoms with Crippen molar-refractivity contribution in [2.24, 2.45) is 0 Å². The minimum absolute atomic E-state index is 0.599. The lowest BCUT2D eigenvalue weighted by atomic mass is 10.0. The van der Waals surface area contributed by atoms with Gasteiger partial charge >= 0.3 is 11.8 Å². The van der Waals surface area contributed by atoms with Crippen molar-refractivity contribution in [3.63, 3.8) is 0 Å². The van der Waals surface area contributed by atoms with Gasteiger partial charge in [0.05, 0.1) is 19.1 Å². The molecule has 0 heterocycles. The molecule has 0 saturated heterocycles. The van der Waals surface area contributed by atoms with Gasteiger partial charge in [-0.15, -0.1) is 0 Å². The van der Waals surface area contributed by atoms with Crippen molar-refractivity contribution in [1.29, 1.82) is 0 Å². The van der Waals surface area contributed by atoms with Crippen LogP contribution in [-0.2, 0) is 14.3 Å². The normalized spacial score (nSPS) is 12.1. The summed E-state index contributed by atoms with van der Waals surface area (Å²) in [5.41, 5.74) is 0. The highest BCUT2D eigenvalue weighted by Gasteiger charge is 2.57. The average molecular weight is 256 g/mol. The summed E-state index contributed by atoms with van der Waals surface area (Å²) in [6, 6.07) is 0. The van der Waals surface area contributed by atoms with Crippen molar-refractivity contribution < 1.29 is 31.9 Å². The molecule has 0 rings (SSSR count). The highest BCUT2D eigenvalue weighted by molar-refractivity contribution is 5.98. The molecule has 0 saturated carbocycles. The summed E-state index contributed by atoms with van der Waals surface area (Å²) in [7, 11) is 0. The SMILES string of the molecule is C=COCC(F)(F)C(F)(F)CC(=O)CC(C)=O. The molecule has 0 bridgehead atoms. The Morgan fingerprint density at radius 1 is 1.24 bits per heavy atom. The first-order chi connectivity index (χ1) is 7.62. The van der Waals surface area contributed by atoms with Crippen molar-refractivity contribution in [1.82, 2.24) is 0 Å². The Morgan fingerprint density at radius 3 is 2.18 bits per heavy atom. The Labute approximate surface area is 95.4 Å². The van der Waals surface area contributed by atoms with Gasteiger partial charge in [-0.3, -0.25) is 9.59 Å². The van der Waals surface area contributed by atoms with Gasteiger partial charge in [0.15, 0.2) is 6.61 Å². The van der Waals surface area contributed by atoms with E-state index >= 15 is 0 Å². The molecule has 0 fully saturated rings. The van der Waals surface area contributed by atoms with Crippen LogP contribution in [0.1, 0.15) is 19.8 Å². The van der Waals surface area contributed by atoms with Crippen LogP contribution in [0, 0.1) is 0 Å². The number of ketones is 2. The molecule has 0 aromatic heterocycles. The van der Waals surface area contributed by atoms with E-state index in [2.05, 4.69) is 11.3 Å². The quantitative estimate of drug-likeness (QED) is 0.380. The van der Waals surface area contributed by atoms with Crippen LogP contribution >= 0.6 is 0 Å². The zero-order valence-corrected chi connectivity index (χ0v) is 9.14. The molecule has 0 aromatic rings. The van der Waals surface area contributed by atoms with Gasteiger partial charge in [-0.2, -0.15) is 17.6 Å². The molecule has 17 heavy (non-hydrogen) atoms. The third-order valence-corrected chi connectivity index (χ3v) is 1.78. The Morgan fingerprint density at radius 2 is 1.76 bits per heavy atom. The number of rotatable bonds is 8. The lowest BCUT2D eigenvalue weighted by molar-refractivity contribution is -0.227. The predicted molar refractivity (Wildman–Crippen MR) is 51.0 cm³/mol. The summed E-state index contributed by atoms with van der Waals surface area (Å²) in [4.78, 5) is 21.4. The highest BCUT2D eigenvalue weighted by Crippen LogP contribution is 2.37. The van der Waals surface area contributed by atoms with Crippen LogP contribution in [-0.4, -0.2) is 30.0 Å². The topological polar surface area (TPSA) is 43.4 Å². The highest BCUT2D eigenvalue weighted by atomic mass is 19.3. The van der Waals surface area contributed by atoms with Crippen LogP contribution in [0.25, 0.3) is 0 Å². The first-order valence-corrected chi connectivity index (χ1v) is 4.61. The maximum Gasteiger partial charge on any atom is 0.343 e. The van der Waals surface area contributed by atoms with E-state index in [1.807, 2.05) is 0 Å². The van der Waals surface area contributed by atoms with Gasteiger partial charge in [0.2, 0.25) is 0 Å². The number of alkyl halides is 4. The number of halogens is 4. The van der Waals surface area contributed by atoms with E-state index in [0.717, 1.165) is 6.92 Å². The summed E-state index contributed by atoms with van der Waals surface area (Å²) in [5.74, 6) is -10.9.